The number of nitrogens with one attached hydrogen (secondary N) is 1. The first-order chi connectivity index (χ1) is 8.29. The molecule has 1 aliphatic carbocycles. The van der Waals surface area contributed by atoms with Crippen molar-refractivity contribution in [2.75, 3.05) is 25.5 Å². The lowest BCUT2D eigenvalue weighted by atomic mass is 10.1. The second kappa shape index (κ2) is 6.01. The first-order valence-electron chi connectivity index (χ1n) is 6.60. The van der Waals surface area contributed by atoms with Crippen LogP contribution in [0.1, 0.15) is 31.2 Å². The van der Waals surface area contributed by atoms with Gasteiger partial charge in [0.05, 0.1) is 0 Å². The van der Waals surface area contributed by atoms with Gasteiger partial charge in [0.2, 0.25) is 0 Å². The molecule has 1 aromatic heterocycles. The van der Waals surface area contributed by atoms with Crippen molar-refractivity contribution in [3.8, 4) is 0 Å². The first-order valence-corrected chi connectivity index (χ1v) is 6.60. The summed E-state index contributed by atoms with van der Waals surface area (Å²) < 4.78 is 0. The smallest absolute Gasteiger partial charge is 0.128 e. The number of pyridine rings is 1. The lowest BCUT2D eigenvalue weighted by Gasteiger charge is -2.22. The van der Waals surface area contributed by atoms with Crippen molar-refractivity contribution in [2.24, 2.45) is 5.92 Å². The number of nitrogens with zero attached hydrogens (tertiary/aromatic N) is 2. The molecule has 1 fully saturated rings. The molecular formula is C14H23N3. The van der Waals surface area contributed by atoms with Crippen LogP contribution in [0.2, 0.25) is 0 Å². The van der Waals surface area contributed by atoms with E-state index in [0.29, 0.717) is 0 Å². The Morgan fingerprint density at radius 2 is 2.18 bits per heavy atom. The molecule has 0 aliphatic heterocycles. The van der Waals surface area contributed by atoms with Crippen LogP contribution in [0.5, 0.6) is 0 Å². The normalized spacial score (nSPS) is 16.4. The Morgan fingerprint density at radius 3 is 2.88 bits per heavy atom. The van der Waals surface area contributed by atoms with E-state index in [1.54, 1.807) is 0 Å². The van der Waals surface area contributed by atoms with Gasteiger partial charge < -0.3 is 10.2 Å². The average molecular weight is 233 g/mol. The zero-order valence-corrected chi connectivity index (χ0v) is 10.9. The zero-order valence-electron chi connectivity index (χ0n) is 10.9. The summed E-state index contributed by atoms with van der Waals surface area (Å²) in [5.41, 5.74) is 1.30. The highest BCUT2D eigenvalue weighted by Gasteiger charge is 2.17. The standard InChI is InChI=1S/C14H23N3/c1-15-10-13-7-8-16-14(9-13)17(2)11-12-5-3-4-6-12/h7-9,12,15H,3-6,10-11H2,1-2H3. The number of hydrogen-bond donors (Lipinski definition) is 1. The summed E-state index contributed by atoms with van der Waals surface area (Å²) in [5, 5.41) is 3.18. The van der Waals surface area contributed by atoms with Crippen molar-refractivity contribution in [3.05, 3.63) is 23.9 Å². The van der Waals surface area contributed by atoms with Gasteiger partial charge in [0.1, 0.15) is 5.82 Å². The van der Waals surface area contributed by atoms with E-state index >= 15 is 0 Å². The first kappa shape index (κ1) is 12.4. The highest BCUT2D eigenvalue weighted by atomic mass is 15.2. The Balaban J connectivity index is 1.97. The van der Waals surface area contributed by atoms with Gasteiger partial charge in [0.15, 0.2) is 0 Å². The van der Waals surface area contributed by atoms with Crippen LogP contribution in [-0.2, 0) is 6.54 Å². The Bertz CT molecular complexity index is 345. The van der Waals surface area contributed by atoms with Gasteiger partial charge in [-0.15, -0.1) is 0 Å². The predicted molar refractivity (Wildman–Crippen MR) is 72.2 cm³/mol. The van der Waals surface area contributed by atoms with Crippen LogP contribution in [0.4, 0.5) is 5.82 Å². The van der Waals surface area contributed by atoms with Gasteiger partial charge in [-0.25, -0.2) is 4.98 Å². The molecule has 0 spiro atoms. The third kappa shape index (κ3) is 3.43. The molecule has 0 amide bonds. The summed E-state index contributed by atoms with van der Waals surface area (Å²) in [6.07, 6.45) is 7.51. The third-order valence-corrected chi connectivity index (χ3v) is 3.59. The number of anilines is 1. The minimum Gasteiger partial charge on any atom is -0.359 e. The van der Waals surface area contributed by atoms with Crippen LogP contribution in [-0.4, -0.2) is 25.6 Å². The summed E-state index contributed by atoms with van der Waals surface area (Å²) in [6.45, 7) is 2.06. The highest BCUT2D eigenvalue weighted by Crippen LogP contribution is 2.26. The van der Waals surface area contributed by atoms with Gasteiger partial charge in [0.25, 0.3) is 0 Å². The third-order valence-electron chi connectivity index (χ3n) is 3.59. The van der Waals surface area contributed by atoms with Gasteiger partial charge in [-0.2, -0.15) is 0 Å². The van der Waals surface area contributed by atoms with Crippen LogP contribution in [0.15, 0.2) is 18.3 Å². The van der Waals surface area contributed by atoms with E-state index < -0.39 is 0 Å². The van der Waals surface area contributed by atoms with E-state index in [1.165, 1.54) is 31.2 Å². The van der Waals surface area contributed by atoms with E-state index in [2.05, 4.69) is 34.4 Å². The maximum Gasteiger partial charge on any atom is 0.128 e. The van der Waals surface area contributed by atoms with Crippen LogP contribution in [0, 0.1) is 5.92 Å². The predicted octanol–water partition coefficient (Wildman–Crippen LogP) is 2.43. The highest BCUT2D eigenvalue weighted by molar-refractivity contribution is 5.40. The summed E-state index contributed by atoms with van der Waals surface area (Å²) in [6, 6.07) is 4.26. The van der Waals surface area contributed by atoms with Crippen LogP contribution < -0.4 is 10.2 Å². The fourth-order valence-corrected chi connectivity index (χ4v) is 2.66. The summed E-state index contributed by atoms with van der Waals surface area (Å²) in [7, 11) is 4.13. The van der Waals surface area contributed by atoms with E-state index in [1.807, 2.05) is 13.2 Å². The molecule has 2 rings (SSSR count). The fourth-order valence-electron chi connectivity index (χ4n) is 2.66. The molecule has 0 radical (unpaired) electrons. The van der Waals surface area contributed by atoms with Crippen LogP contribution in [0.25, 0.3) is 0 Å². The summed E-state index contributed by atoms with van der Waals surface area (Å²) in [4.78, 5) is 6.76. The molecule has 3 heteroatoms. The minimum atomic E-state index is 0.870. The monoisotopic (exact) mass is 233 g/mol. The number of aromatic nitrogens is 1. The molecule has 0 saturated heterocycles. The Labute approximate surface area is 104 Å². The molecule has 0 unspecified atom stereocenters. The molecule has 94 valence electrons. The van der Waals surface area contributed by atoms with Crippen molar-refractivity contribution in [1.82, 2.24) is 10.3 Å². The maximum atomic E-state index is 4.46. The molecule has 3 nitrogen and oxygen atoms in total. The molecule has 0 atom stereocenters. The Hall–Kier alpha value is -1.09. The van der Waals surface area contributed by atoms with Crippen molar-refractivity contribution in [3.63, 3.8) is 0 Å². The van der Waals surface area contributed by atoms with Crippen molar-refractivity contribution >= 4 is 5.82 Å². The lowest BCUT2D eigenvalue weighted by Crippen LogP contribution is -2.25. The molecule has 1 aromatic rings. The van der Waals surface area contributed by atoms with Crippen LogP contribution in [0.3, 0.4) is 0 Å². The van der Waals surface area contributed by atoms with Crippen molar-refractivity contribution in [2.45, 2.75) is 32.2 Å². The largest absolute Gasteiger partial charge is 0.359 e. The average Bonchev–Trinajstić information content (AvgIpc) is 2.83. The lowest BCUT2D eigenvalue weighted by molar-refractivity contribution is 0.545. The molecule has 0 bridgehead atoms. The Kier molecular flexibility index (Phi) is 4.37. The SMILES string of the molecule is CNCc1ccnc(N(C)CC2CCCC2)c1. The van der Waals surface area contributed by atoms with Gasteiger partial charge in [-0.3, -0.25) is 0 Å². The van der Waals surface area contributed by atoms with Gasteiger partial charge in [0, 0.05) is 26.3 Å². The van der Waals surface area contributed by atoms with E-state index in [4.69, 9.17) is 0 Å². The minimum absolute atomic E-state index is 0.870. The van der Waals surface area contributed by atoms with Gasteiger partial charge in [-0.1, -0.05) is 12.8 Å². The topological polar surface area (TPSA) is 28.2 Å². The molecule has 1 saturated carbocycles. The second-order valence-corrected chi connectivity index (χ2v) is 5.08. The quantitative estimate of drug-likeness (QED) is 0.846. The fraction of sp³-hybridized carbons (Fsp3) is 0.643. The van der Waals surface area contributed by atoms with Crippen molar-refractivity contribution < 1.29 is 0 Å². The molecule has 1 heterocycles. The molecule has 17 heavy (non-hydrogen) atoms. The van der Waals surface area contributed by atoms with Gasteiger partial charge in [-0.05, 0) is 43.5 Å². The zero-order chi connectivity index (χ0) is 12.1. The molecule has 1 aliphatic rings. The summed E-state index contributed by atoms with van der Waals surface area (Å²) >= 11 is 0. The Morgan fingerprint density at radius 1 is 1.41 bits per heavy atom. The van der Waals surface area contributed by atoms with Gasteiger partial charge >= 0.3 is 0 Å². The molecule has 0 aromatic carbocycles. The summed E-state index contributed by atoms with van der Waals surface area (Å²) in [5.74, 6) is 1.97. The van der Waals surface area contributed by atoms with Crippen molar-refractivity contribution in [1.29, 1.82) is 0 Å². The number of hydrogen-bond acceptors (Lipinski definition) is 3. The van der Waals surface area contributed by atoms with E-state index in [9.17, 15) is 0 Å². The number of rotatable bonds is 5. The maximum absolute atomic E-state index is 4.46. The van der Waals surface area contributed by atoms with E-state index in [-0.39, 0.29) is 0 Å². The van der Waals surface area contributed by atoms with E-state index in [0.717, 1.165) is 24.8 Å². The molecule has 1 N–H and O–H groups in total. The molecular weight excluding hydrogens is 210 g/mol. The van der Waals surface area contributed by atoms with Crippen LogP contribution >= 0.6 is 0 Å². The second-order valence-electron chi connectivity index (χ2n) is 5.08.